The molecule has 1 aromatic rings. The van der Waals surface area contributed by atoms with E-state index in [9.17, 15) is 9.18 Å². The lowest BCUT2D eigenvalue weighted by atomic mass is 10.1. The maximum atomic E-state index is 12.7. The molecule has 1 saturated heterocycles. The van der Waals surface area contributed by atoms with E-state index in [0.717, 1.165) is 25.9 Å². The van der Waals surface area contributed by atoms with Crippen LogP contribution in [0.3, 0.4) is 0 Å². The third kappa shape index (κ3) is 5.13. The van der Waals surface area contributed by atoms with Crippen molar-refractivity contribution in [3.63, 3.8) is 0 Å². The molecule has 1 heterocycles. The minimum absolute atomic E-state index is 0. The molecule has 106 valence electrons. The number of halogens is 2. The summed E-state index contributed by atoms with van der Waals surface area (Å²) in [6.07, 6.45) is 2.30. The van der Waals surface area contributed by atoms with E-state index in [4.69, 9.17) is 0 Å². The number of carbonyl (C=O) groups excluding carboxylic acids is 1. The zero-order valence-electron chi connectivity index (χ0n) is 11.0. The molecule has 0 spiro atoms. The molecule has 1 aliphatic heterocycles. The van der Waals surface area contributed by atoms with E-state index in [-0.39, 0.29) is 24.0 Å². The molecule has 5 heteroatoms. The number of Topliss-reactive ketones (excluding diaryl/α,β-unsaturated/α-hetero) is 1. The fourth-order valence-electron chi connectivity index (χ4n) is 2.06. The van der Waals surface area contributed by atoms with Crippen molar-refractivity contribution < 1.29 is 9.18 Å². The molecule has 2 nitrogen and oxygen atoms in total. The monoisotopic (exact) mass is 303 g/mol. The number of ketones is 1. The van der Waals surface area contributed by atoms with Crippen LogP contribution in [-0.4, -0.2) is 41.8 Å². The lowest BCUT2D eigenvalue weighted by Crippen LogP contribution is -2.31. The average molecular weight is 304 g/mol. The van der Waals surface area contributed by atoms with E-state index in [0.29, 0.717) is 16.6 Å². The molecule has 0 radical (unpaired) electrons. The molecule has 0 aliphatic carbocycles. The van der Waals surface area contributed by atoms with E-state index in [1.807, 2.05) is 0 Å². The van der Waals surface area contributed by atoms with Crippen molar-refractivity contribution in [2.75, 3.05) is 25.9 Å². The van der Waals surface area contributed by atoms with Crippen molar-refractivity contribution in [1.82, 2.24) is 4.90 Å². The summed E-state index contributed by atoms with van der Waals surface area (Å²) in [5.74, 6) is 0.300. The Hall–Kier alpha value is -0.580. The van der Waals surface area contributed by atoms with Gasteiger partial charge in [0.1, 0.15) is 5.82 Å². The summed E-state index contributed by atoms with van der Waals surface area (Å²) < 4.78 is 12.7. The third-order valence-electron chi connectivity index (χ3n) is 3.28. The number of likely N-dealkylation sites (tertiary alicyclic amines) is 1. The van der Waals surface area contributed by atoms with E-state index >= 15 is 0 Å². The quantitative estimate of drug-likeness (QED) is 0.796. The van der Waals surface area contributed by atoms with Crippen LogP contribution in [0.15, 0.2) is 24.3 Å². The lowest BCUT2D eigenvalue weighted by molar-refractivity contribution is 0.102. The Labute approximate surface area is 124 Å². The second kappa shape index (κ2) is 7.88. The Bertz CT molecular complexity index is 404. The maximum Gasteiger partial charge on any atom is 0.172 e. The van der Waals surface area contributed by atoms with Gasteiger partial charge < -0.3 is 4.90 Å². The van der Waals surface area contributed by atoms with Crippen LogP contribution >= 0.6 is 24.2 Å². The molecule has 1 aliphatic rings. The standard InChI is InChI=1S/C14H18FNOS.ClH/c1-16-8-6-13(7-9-16)18-10-14(17)11-2-4-12(15)5-3-11;/h2-5,13H,6-10H2,1H3;1H. The first-order valence-electron chi connectivity index (χ1n) is 6.24. The molecule has 19 heavy (non-hydrogen) atoms. The molecule has 0 aromatic heterocycles. The van der Waals surface area contributed by atoms with Gasteiger partial charge in [0.15, 0.2) is 5.78 Å². The van der Waals surface area contributed by atoms with Crippen molar-refractivity contribution >= 4 is 30.0 Å². The zero-order valence-corrected chi connectivity index (χ0v) is 12.6. The Balaban J connectivity index is 0.00000180. The van der Waals surface area contributed by atoms with E-state index in [1.54, 1.807) is 23.9 Å². The molecule has 0 N–H and O–H groups in total. The summed E-state index contributed by atoms with van der Waals surface area (Å²) in [6.45, 7) is 2.23. The summed E-state index contributed by atoms with van der Waals surface area (Å²) in [5.41, 5.74) is 0.608. The van der Waals surface area contributed by atoms with Gasteiger partial charge in [-0.25, -0.2) is 4.39 Å². The van der Waals surface area contributed by atoms with E-state index in [1.165, 1.54) is 12.1 Å². The number of rotatable bonds is 4. The van der Waals surface area contributed by atoms with Gasteiger partial charge in [0, 0.05) is 10.8 Å². The van der Waals surface area contributed by atoms with Gasteiger partial charge in [0.25, 0.3) is 0 Å². The van der Waals surface area contributed by atoms with Gasteiger partial charge in [-0.05, 0) is 57.2 Å². The molecule has 0 amide bonds. The van der Waals surface area contributed by atoms with Crippen LogP contribution in [0.5, 0.6) is 0 Å². The number of benzene rings is 1. The summed E-state index contributed by atoms with van der Waals surface area (Å²) in [7, 11) is 2.13. The number of hydrogen-bond acceptors (Lipinski definition) is 3. The predicted molar refractivity (Wildman–Crippen MR) is 81.0 cm³/mol. The van der Waals surface area contributed by atoms with Crippen LogP contribution in [0.2, 0.25) is 0 Å². The first-order chi connectivity index (χ1) is 8.65. The van der Waals surface area contributed by atoms with Gasteiger partial charge in [-0.1, -0.05) is 0 Å². The fourth-order valence-corrected chi connectivity index (χ4v) is 3.16. The highest BCUT2D eigenvalue weighted by atomic mass is 35.5. The summed E-state index contributed by atoms with van der Waals surface area (Å²) >= 11 is 1.74. The van der Waals surface area contributed by atoms with Gasteiger partial charge >= 0.3 is 0 Å². The number of thioether (sulfide) groups is 1. The summed E-state index contributed by atoms with van der Waals surface area (Å²) in [6, 6.07) is 5.81. The smallest absolute Gasteiger partial charge is 0.172 e. The first kappa shape index (κ1) is 16.5. The van der Waals surface area contributed by atoms with Crippen molar-refractivity contribution in [2.24, 2.45) is 0 Å². The Morgan fingerprint density at radius 1 is 1.32 bits per heavy atom. The van der Waals surface area contributed by atoms with Gasteiger partial charge in [0.05, 0.1) is 5.75 Å². The molecule has 0 saturated carbocycles. The summed E-state index contributed by atoms with van der Waals surface area (Å²) in [4.78, 5) is 14.2. The van der Waals surface area contributed by atoms with Crippen LogP contribution in [0, 0.1) is 5.82 Å². The van der Waals surface area contributed by atoms with Crippen LogP contribution in [0.4, 0.5) is 4.39 Å². The van der Waals surface area contributed by atoms with Gasteiger partial charge in [-0.15, -0.1) is 12.4 Å². The Kier molecular flexibility index (Phi) is 6.83. The number of piperidine rings is 1. The highest BCUT2D eigenvalue weighted by Crippen LogP contribution is 2.23. The van der Waals surface area contributed by atoms with Crippen LogP contribution in [-0.2, 0) is 0 Å². The Morgan fingerprint density at radius 2 is 1.89 bits per heavy atom. The molecule has 2 rings (SSSR count). The van der Waals surface area contributed by atoms with E-state index < -0.39 is 0 Å². The van der Waals surface area contributed by atoms with Crippen molar-refractivity contribution in [3.8, 4) is 0 Å². The van der Waals surface area contributed by atoms with E-state index in [2.05, 4.69) is 11.9 Å². The number of nitrogens with zero attached hydrogens (tertiary/aromatic N) is 1. The largest absolute Gasteiger partial charge is 0.306 e. The highest BCUT2D eigenvalue weighted by Gasteiger charge is 2.18. The minimum Gasteiger partial charge on any atom is -0.306 e. The zero-order chi connectivity index (χ0) is 13.0. The fraction of sp³-hybridized carbons (Fsp3) is 0.500. The Morgan fingerprint density at radius 3 is 2.47 bits per heavy atom. The topological polar surface area (TPSA) is 20.3 Å². The van der Waals surface area contributed by atoms with Crippen LogP contribution in [0.25, 0.3) is 0 Å². The molecule has 0 bridgehead atoms. The minimum atomic E-state index is -0.297. The second-order valence-corrected chi connectivity index (χ2v) is 6.03. The number of hydrogen-bond donors (Lipinski definition) is 0. The molecule has 1 fully saturated rings. The molecular formula is C14H19ClFNOS. The molecule has 1 aromatic carbocycles. The third-order valence-corrected chi connectivity index (χ3v) is 4.65. The van der Waals surface area contributed by atoms with Crippen molar-refractivity contribution in [3.05, 3.63) is 35.6 Å². The number of carbonyl (C=O) groups is 1. The SMILES string of the molecule is CN1CCC(SCC(=O)c2ccc(F)cc2)CC1.Cl. The van der Waals surface area contributed by atoms with Crippen LogP contribution in [0.1, 0.15) is 23.2 Å². The lowest BCUT2D eigenvalue weighted by Gasteiger charge is -2.28. The predicted octanol–water partition coefficient (Wildman–Crippen LogP) is 3.26. The molecule has 0 unspecified atom stereocenters. The van der Waals surface area contributed by atoms with Gasteiger partial charge in [-0.3, -0.25) is 4.79 Å². The van der Waals surface area contributed by atoms with Gasteiger partial charge in [0.2, 0.25) is 0 Å². The highest BCUT2D eigenvalue weighted by molar-refractivity contribution is 8.00. The summed E-state index contributed by atoms with van der Waals surface area (Å²) in [5, 5.41) is 0.589. The maximum absolute atomic E-state index is 12.7. The second-order valence-electron chi connectivity index (χ2n) is 4.74. The van der Waals surface area contributed by atoms with Crippen molar-refractivity contribution in [1.29, 1.82) is 0 Å². The normalized spacial score (nSPS) is 16.9. The molecular weight excluding hydrogens is 285 g/mol. The van der Waals surface area contributed by atoms with Crippen molar-refractivity contribution in [2.45, 2.75) is 18.1 Å². The molecule has 0 atom stereocenters. The first-order valence-corrected chi connectivity index (χ1v) is 7.29. The van der Waals surface area contributed by atoms with Crippen LogP contribution < -0.4 is 0 Å². The van der Waals surface area contributed by atoms with Gasteiger partial charge in [-0.2, -0.15) is 11.8 Å². The average Bonchev–Trinajstić information content (AvgIpc) is 2.38.